The van der Waals surface area contributed by atoms with E-state index in [1.807, 2.05) is 5.06 Å². The Balaban J connectivity index is 2.06. The van der Waals surface area contributed by atoms with Gasteiger partial charge in [0.25, 0.3) is 0 Å². The first-order valence-electron chi connectivity index (χ1n) is 3.85. The highest BCUT2D eigenvalue weighted by molar-refractivity contribution is 5.07. The maximum atomic E-state index is 5.80. The fourth-order valence-corrected chi connectivity index (χ4v) is 1.50. The molecular formula is C7H13N3O. The van der Waals surface area contributed by atoms with Crippen LogP contribution in [0.25, 0.3) is 0 Å². The molecule has 0 amide bonds. The van der Waals surface area contributed by atoms with Gasteiger partial charge in [-0.05, 0) is 0 Å². The Bertz CT molecular complexity index is 185. The van der Waals surface area contributed by atoms with Crippen molar-refractivity contribution in [3.8, 4) is 0 Å². The summed E-state index contributed by atoms with van der Waals surface area (Å²) < 4.78 is 0. The van der Waals surface area contributed by atoms with Crippen molar-refractivity contribution in [3.63, 3.8) is 0 Å². The van der Waals surface area contributed by atoms with Crippen molar-refractivity contribution in [1.82, 2.24) is 10.4 Å². The quantitative estimate of drug-likeness (QED) is 0.398. The Labute approximate surface area is 65.9 Å². The molecule has 2 saturated heterocycles. The third kappa shape index (κ3) is 0.911. The van der Waals surface area contributed by atoms with Gasteiger partial charge in [0.15, 0.2) is 5.72 Å². The summed E-state index contributed by atoms with van der Waals surface area (Å²) in [4.78, 5) is 5.39. The number of nitrogens with zero attached hydrogens (tertiary/aromatic N) is 1. The summed E-state index contributed by atoms with van der Waals surface area (Å²) in [6.45, 7) is 6.35. The van der Waals surface area contributed by atoms with Crippen LogP contribution in [0.3, 0.4) is 0 Å². The molecule has 11 heavy (non-hydrogen) atoms. The van der Waals surface area contributed by atoms with Crippen molar-refractivity contribution >= 4 is 0 Å². The average Bonchev–Trinajstić information content (AvgIpc) is 2.78. The molecule has 0 aliphatic carbocycles. The number of fused-ring (bicyclic) bond motifs is 1. The van der Waals surface area contributed by atoms with E-state index in [-0.39, 0.29) is 11.8 Å². The Morgan fingerprint density at radius 1 is 1.82 bits per heavy atom. The normalized spacial score (nSPS) is 44.3. The zero-order valence-corrected chi connectivity index (χ0v) is 6.42. The minimum Gasteiger partial charge on any atom is -0.321 e. The number of piperazine rings is 1. The van der Waals surface area contributed by atoms with Gasteiger partial charge in [0.05, 0.1) is 6.04 Å². The fraction of sp³-hybridized carbons (Fsp3) is 0.714. The highest BCUT2D eigenvalue weighted by atomic mass is 16.9. The van der Waals surface area contributed by atoms with E-state index >= 15 is 0 Å². The van der Waals surface area contributed by atoms with Crippen molar-refractivity contribution in [2.75, 3.05) is 19.6 Å². The molecule has 62 valence electrons. The van der Waals surface area contributed by atoms with Gasteiger partial charge >= 0.3 is 0 Å². The van der Waals surface area contributed by atoms with E-state index < -0.39 is 0 Å². The van der Waals surface area contributed by atoms with Gasteiger partial charge in [0.1, 0.15) is 0 Å². The number of rotatable bonds is 2. The van der Waals surface area contributed by atoms with Gasteiger partial charge in [-0.1, -0.05) is 6.08 Å². The minimum absolute atomic E-state index is 0.0877. The average molecular weight is 155 g/mol. The van der Waals surface area contributed by atoms with Gasteiger partial charge in [-0.25, -0.2) is 0 Å². The second kappa shape index (κ2) is 2.28. The van der Waals surface area contributed by atoms with Crippen LogP contribution in [0, 0.1) is 0 Å². The predicted octanol–water partition coefficient (Wildman–Crippen LogP) is -0.954. The number of nitrogens with one attached hydrogen (secondary N) is 1. The summed E-state index contributed by atoms with van der Waals surface area (Å²) in [5, 5.41) is 5.16. The molecule has 2 fully saturated rings. The van der Waals surface area contributed by atoms with Crippen molar-refractivity contribution in [2.24, 2.45) is 5.73 Å². The minimum atomic E-state index is -0.264. The van der Waals surface area contributed by atoms with Crippen LogP contribution in [0.1, 0.15) is 0 Å². The first-order chi connectivity index (χ1) is 5.29. The lowest BCUT2D eigenvalue weighted by molar-refractivity contribution is 0.201. The van der Waals surface area contributed by atoms with Gasteiger partial charge in [-0.15, -0.1) is 11.6 Å². The molecule has 4 nitrogen and oxygen atoms in total. The fourth-order valence-electron chi connectivity index (χ4n) is 1.50. The van der Waals surface area contributed by atoms with E-state index in [1.165, 1.54) is 0 Å². The molecule has 0 aromatic heterocycles. The van der Waals surface area contributed by atoms with Crippen molar-refractivity contribution in [3.05, 3.63) is 12.7 Å². The molecule has 0 radical (unpaired) electrons. The lowest BCUT2D eigenvalue weighted by Crippen LogP contribution is -2.51. The molecule has 3 atom stereocenters. The number of hydrogen-bond donors (Lipinski definition) is 2. The topological polar surface area (TPSA) is 53.6 Å². The van der Waals surface area contributed by atoms with Crippen LogP contribution in [-0.4, -0.2) is 36.5 Å². The maximum absolute atomic E-state index is 5.80. The van der Waals surface area contributed by atoms with Gasteiger partial charge in [-0.2, -0.15) is 0 Å². The molecule has 0 aromatic carbocycles. The maximum Gasteiger partial charge on any atom is 0.195 e. The molecule has 2 aliphatic rings. The molecule has 4 heteroatoms. The number of hydroxylamine groups is 2. The SMILES string of the molecule is C=CC(N)C12CNCCN1O2. The number of hydrogen-bond acceptors (Lipinski definition) is 4. The zero-order chi connectivity index (χ0) is 7.90. The molecule has 2 rings (SSSR count). The summed E-state index contributed by atoms with van der Waals surface area (Å²) in [5.74, 6) is 0. The van der Waals surface area contributed by atoms with Crippen molar-refractivity contribution < 1.29 is 4.84 Å². The first-order valence-corrected chi connectivity index (χ1v) is 3.85. The summed E-state index contributed by atoms with van der Waals surface area (Å²) in [6, 6.07) is -0.0877. The van der Waals surface area contributed by atoms with Crippen LogP contribution in [0.15, 0.2) is 12.7 Å². The summed E-state index contributed by atoms with van der Waals surface area (Å²) in [7, 11) is 0. The summed E-state index contributed by atoms with van der Waals surface area (Å²) in [5.41, 5.74) is 5.54. The molecule has 0 spiro atoms. The van der Waals surface area contributed by atoms with Gasteiger partial charge in [-0.3, -0.25) is 4.84 Å². The molecule has 0 saturated carbocycles. The van der Waals surface area contributed by atoms with Crippen LogP contribution in [0.5, 0.6) is 0 Å². The van der Waals surface area contributed by atoms with Gasteiger partial charge in [0, 0.05) is 19.6 Å². The third-order valence-corrected chi connectivity index (χ3v) is 2.30. The highest BCUT2D eigenvalue weighted by Crippen LogP contribution is 2.38. The van der Waals surface area contributed by atoms with Crippen LogP contribution in [0.2, 0.25) is 0 Å². The molecule has 2 heterocycles. The van der Waals surface area contributed by atoms with E-state index in [4.69, 9.17) is 10.6 Å². The predicted molar refractivity (Wildman–Crippen MR) is 41.6 cm³/mol. The van der Waals surface area contributed by atoms with Crippen molar-refractivity contribution in [1.29, 1.82) is 0 Å². The van der Waals surface area contributed by atoms with E-state index in [0.717, 1.165) is 19.6 Å². The second-order valence-electron chi connectivity index (χ2n) is 2.98. The van der Waals surface area contributed by atoms with E-state index in [1.54, 1.807) is 6.08 Å². The Morgan fingerprint density at radius 2 is 2.64 bits per heavy atom. The Morgan fingerprint density at radius 3 is 3.27 bits per heavy atom. The lowest BCUT2D eigenvalue weighted by Gasteiger charge is -2.21. The summed E-state index contributed by atoms with van der Waals surface area (Å²) in [6.07, 6.45) is 1.73. The highest BCUT2D eigenvalue weighted by Gasteiger charge is 2.59. The van der Waals surface area contributed by atoms with E-state index in [9.17, 15) is 0 Å². The van der Waals surface area contributed by atoms with Crippen molar-refractivity contribution in [2.45, 2.75) is 11.8 Å². The van der Waals surface area contributed by atoms with Gasteiger partial charge < -0.3 is 11.1 Å². The molecule has 3 unspecified atom stereocenters. The van der Waals surface area contributed by atoms with Crippen LogP contribution < -0.4 is 11.1 Å². The standard InChI is InChI=1S/C7H13N3O/c1-2-6(8)7-5-9-3-4-10(7)11-7/h2,6,9H,1,3-5,8H2. The smallest absolute Gasteiger partial charge is 0.195 e. The second-order valence-corrected chi connectivity index (χ2v) is 2.98. The largest absolute Gasteiger partial charge is 0.321 e. The zero-order valence-electron chi connectivity index (χ0n) is 6.42. The molecule has 0 bridgehead atoms. The summed E-state index contributed by atoms with van der Waals surface area (Å²) >= 11 is 0. The first kappa shape index (κ1) is 7.24. The molecular weight excluding hydrogens is 142 g/mol. The Kier molecular flexibility index (Phi) is 1.50. The Hall–Kier alpha value is -0.420. The molecule has 3 N–H and O–H groups in total. The number of nitrogens with two attached hydrogens (primary N) is 1. The third-order valence-electron chi connectivity index (χ3n) is 2.30. The lowest BCUT2D eigenvalue weighted by atomic mass is 10.1. The van der Waals surface area contributed by atoms with E-state index in [2.05, 4.69) is 11.9 Å². The van der Waals surface area contributed by atoms with Crippen LogP contribution >= 0.6 is 0 Å². The monoisotopic (exact) mass is 155 g/mol. The molecule has 2 aliphatic heterocycles. The van der Waals surface area contributed by atoms with Crippen LogP contribution in [0.4, 0.5) is 0 Å². The molecule has 0 aromatic rings. The van der Waals surface area contributed by atoms with Crippen LogP contribution in [-0.2, 0) is 4.84 Å². The van der Waals surface area contributed by atoms with Gasteiger partial charge in [0.2, 0.25) is 0 Å². The van der Waals surface area contributed by atoms with E-state index in [0.29, 0.717) is 0 Å².